The molecule has 0 radical (unpaired) electrons. The molecule has 0 N–H and O–H groups in total. The molecule has 6 nitrogen and oxygen atoms in total. The van der Waals surface area contributed by atoms with Crippen LogP contribution in [-0.4, -0.2) is 58.1 Å². The average Bonchev–Trinajstić information content (AvgIpc) is 3.42. The van der Waals surface area contributed by atoms with Crippen molar-refractivity contribution in [3.8, 4) is 11.5 Å². The van der Waals surface area contributed by atoms with Gasteiger partial charge in [-0.1, -0.05) is 6.07 Å². The van der Waals surface area contributed by atoms with Crippen molar-refractivity contribution in [2.75, 3.05) is 26.4 Å². The van der Waals surface area contributed by atoms with Gasteiger partial charge in [-0.05, 0) is 49.5 Å². The Kier molecular flexibility index (Phi) is 3.53. The first kappa shape index (κ1) is 16.0. The summed E-state index contributed by atoms with van der Waals surface area (Å²) < 4.78 is 13.1. The van der Waals surface area contributed by atoms with E-state index in [1.807, 2.05) is 17.9 Å². The molecule has 0 amide bonds. The highest BCUT2D eigenvalue weighted by Crippen LogP contribution is 2.48. The van der Waals surface area contributed by atoms with Gasteiger partial charge in [-0.2, -0.15) is 5.10 Å². The lowest BCUT2D eigenvalue weighted by molar-refractivity contribution is -0.00870. The minimum absolute atomic E-state index is 0.344. The highest BCUT2D eigenvalue weighted by Gasteiger charge is 2.53. The van der Waals surface area contributed by atoms with E-state index in [0.717, 1.165) is 30.5 Å². The second-order valence-corrected chi connectivity index (χ2v) is 8.53. The molecule has 0 aliphatic carbocycles. The number of rotatable bonds is 3. The van der Waals surface area contributed by atoms with Crippen LogP contribution in [0.4, 0.5) is 0 Å². The quantitative estimate of drug-likeness (QED) is 0.833. The highest BCUT2D eigenvalue weighted by molar-refractivity contribution is 5.46. The Morgan fingerprint density at radius 1 is 1.11 bits per heavy atom. The van der Waals surface area contributed by atoms with Gasteiger partial charge in [0, 0.05) is 49.9 Å². The Bertz CT molecular complexity index is 858. The van der Waals surface area contributed by atoms with E-state index in [0.29, 0.717) is 24.8 Å². The van der Waals surface area contributed by atoms with E-state index in [1.54, 1.807) is 0 Å². The molecule has 0 saturated carbocycles. The molecule has 142 valence electrons. The van der Waals surface area contributed by atoms with E-state index in [-0.39, 0.29) is 0 Å². The number of piperidine rings is 3. The van der Waals surface area contributed by atoms with E-state index in [2.05, 4.69) is 39.3 Å². The zero-order chi connectivity index (χ0) is 18.0. The van der Waals surface area contributed by atoms with Gasteiger partial charge >= 0.3 is 0 Å². The minimum Gasteiger partial charge on any atom is -0.454 e. The second-order valence-electron chi connectivity index (χ2n) is 8.53. The maximum atomic E-state index is 5.66. The number of hydrogen-bond donors (Lipinski definition) is 0. The molecule has 1 aromatic carbocycles. The van der Waals surface area contributed by atoms with Crippen molar-refractivity contribution in [2.24, 2.45) is 13.0 Å². The third-order valence-corrected chi connectivity index (χ3v) is 7.06. The first-order valence-corrected chi connectivity index (χ1v) is 10.1. The van der Waals surface area contributed by atoms with E-state index in [4.69, 9.17) is 9.47 Å². The number of fused-ring (bicyclic) bond motifs is 3. The predicted molar refractivity (Wildman–Crippen MR) is 101 cm³/mol. The lowest BCUT2D eigenvalue weighted by Gasteiger charge is -2.51. The van der Waals surface area contributed by atoms with Crippen LogP contribution in [0.5, 0.6) is 11.5 Å². The van der Waals surface area contributed by atoms with Gasteiger partial charge in [-0.15, -0.1) is 0 Å². The fourth-order valence-electron chi connectivity index (χ4n) is 5.95. The monoisotopic (exact) mass is 366 g/mol. The molecule has 0 spiro atoms. The van der Waals surface area contributed by atoms with Crippen LogP contribution < -0.4 is 9.47 Å². The average molecular weight is 366 g/mol. The smallest absolute Gasteiger partial charge is 0.231 e. The normalized spacial score (nSPS) is 34.2. The number of likely N-dealkylation sites (tertiary alicyclic amines) is 1. The summed E-state index contributed by atoms with van der Waals surface area (Å²) in [4.78, 5) is 5.48. The largest absolute Gasteiger partial charge is 0.454 e. The zero-order valence-electron chi connectivity index (χ0n) is 15.8. The number of ether oxygens (including phenoxy) is 2. The van der Waals surface area contributed by atoms with Gasteiger partial charge in [0.1, 0.15) is 0 Å². The molecular formula is C21H26N4O2. The number of aromatic nitrogens is 2. The van der Waals surface area contributed by atoms with E-state index in [9.17, 15) is 0 Å². The van der Waals surface area contributed by atoms with Gasteiger partial charge in [0.2, 0.25) is 6.79 Å². The van der Waals surface area contributed by atoms with Gasteiger partial charge in [0.05, 0.1) is 6.20 Å². The van der Waals surface area contributed by atoms with Crippen molar-refractivity contribution in [1.29, 1.82) is 0 Å². The summed E-state index contributed by atoms with van der Waals surface area (Å²) in [6, 6.07) is 7.85. The zero-order valence-corrected chi connectivity index (χ0v) is 15.8. The molecule has 4 saturated heterocycles. The predicted octanol–water partition coefficient (Wildman–Crippen LogP) is 2.21. The topological polar surface area (TPSA) is 42.8 Å². The minimum atomic E-state index is 0.344. The fraction of sp³-hybridized carbons (Fsp3) is 0.571. The first-order chi connectivity index (χ1) is 13.3. The lowest BCUT2D eigenvalue weighted by atomic mass is 9.75. The summed E-state index contributed by atoms with van der Waals surface area (Å²) in [7, 11) is 2.00. The van der Waals surface area contributed by atoms with E-state index in [1.165, 1.54) is 37.1 Å². The van der Waals surface area contributed by atoms with Crippen molar-refractivity contribution in [1.82, 2.24) is 19.6 Å². The Hall–Kier alpha value is -2.05. The number of hydrogen-bond acceptors (Lipinski definition) is 5. The van der Waals surface area contributed by atoms with Crippen LogP contribution in [0.15, 0.2) is 30.6 Å². The summed E-state index contributed by atoms with van der Waals surface area (Å²) in [6.07, 6.45) is 6.87. The third-order valence-electron chi connectivity index (χ3n) is 7.06. The summed E-state index contributed by atoms with van der Waals surface area (Å²) >= 11 is 0. The lowest BCUT2D eigenvalue weighted by Crippen LogP contribution is -2.59. The molecule has 27 heavy (non-hydrogen) atoms. The SMILES string of the molecule is Cn1cc(CN2C[C@@H](c3ccc4c(c3)OCO4)[C@@H]3[C@H]2C2CCN3CC2)cn1. The summed E-state index contributed by atoms with van der Waals surface area (Å²) in [6.45, 7) is 4.97. The molecule has 3 atom stereocenters. The highest BCUT2D eigenvalue weighted by atomic mass is 16.7. The molecule has 6 heteroatoms. The summed E-state index contributed by atoms with van der Waals surface area (Å²) in [5.74, 6) is 3.15. The van der Waals surface area contributed by atoms with Gasteiger partial charge < -0.3 is 9.47 Å². The van der Waals surface area contributed by atoms with Gasteiger partial charge in [0.15, 0.2) is 11.5 Å². The van der Waals surface area contributed by atoms with Crippen molar-refractivity contribution in [2.45, 2.75) is 37.4 Å². The number of benzene rings is 1. The van der Waals surface area contributed by atoms with Gasteiger partial charge in [-0.3, -0.25) is 14.5 Å². The molecule has 5 aliphatic heterocycles. The van der Waals surface area contributed by atoms with Crippen LogP contribution in [0.25, 0.3) is 0 Å². The van der Waals surface area contributed by atoms with Crippen molar-refractivity contribution in [3.05, 3.63) is 41.7 Å². The molecule has 1 aromatic heterocycles. The number of nitrogens with zero attached hydrogens (tertiary/aromatic N) is 4. The van der Waals surface area contributed by atoms with Crippen LogP contribution in [0.3, 0.4) is 0 Å². The summed E-state index contributed by atoms with van der Waals surface area (Å²) in [5, 5.41) is 4.38. The molecule has 5 aliphatic rings. The molecule has 7 rings (SSSR count). The Balaban J connectivity index is 1.34. The van der Waals surface area contributed by atoms with Crippen LogP contribution in [0.1, 0.15) is 29.9 Å². The Morgan fingerprint density at radius 2 is 1.96 bits per heavy atom. The molecular weight excluding hydrogens is 340 g/mol. The van der Waals surface area contributed by atoms with Crippen molar-refractivity contribution >= 4 is 0 Å². The van der Waals surface area contributed by atoms with Crippen LogP contribution in [-0.2, 0) is 13.6 Å². The fourth-order valence-corrected chi connectivity index (χ4v) is 5.95. The maximum absolute atomic E-state index is 5.66. The first-order valence-electron chi connectivity index (χ1n) is 10.1. The van der Waals surface area contributed by atoms with E-state index >= 15 is 0 Å². The van der Waals surface area contributed by atoms with Crippen molar-refractivity contribution in [3.63, 3.8) is 0 Å². The Morgan fingerprint density at radius 3 is 2.78 bits per heavy atom. The van der Waals surface area contributed by atoms with E-state index < -0.39 is 0 Å². The third kappa shape index (κ3) is 2.50. The Labute approximate surface area is 159 Å². The van der Waals surface area contributed by atoms with Gasteiger partial charge in [-0.25, -0.2) is 0 Å². The molecule has 6 heterocycles. The van der Waals surface area contributed by atoms with Crippen LogP contribution >= 0.6 is 0 Å². The molecule has 0 unspecified atom stereocenters. The van der Waals surface area contributed by atoms with Crippen molar-refractivity contribution < 1.29 is 9.47 Å². The standard InChI is InChI=1S/C21H26N4O2/c1-23-10-14(9-22-23)11-25-12-17(16-2-3-18-19(8-16)27-13-26-18)21-20(25)15-4-6-24(21)7-5-15/h2-3,8-10,15,17,20-21H,4-7,11-13H2,1H3/t17-,20+,21+/m0/s1. The molecule has 4 fully saturated rings. The molecule has 2 aromatic rings. The van der Waals surface area contributed by atoms with Crippen LogP contribution in [0, 0.1) is 5.92 Å². The maximum Gasteiger partial charge on any atom is 0.231 e. The van der Waals surface area contributed by atoms with Crippen LogP contribution in [0.2, 0.25) is 0 Å². The second kappa shape index (κ2) is 5.97. The number of aryl methyl sites for hydroxylation is 1. The summed E-state index contributed by atoms with van der Waals surface area (Å²) in [5.41, 5.74) is 2.72. The van der Waals surface area contributed by atoms with Gasteiger partial charge in [0.25, 0.3) is 0 Å². The molecule has 2 bridgehead atoms.